The molecule has 0 spiro atoms. The van der Waals surface area contributed by atoms with Gasteiger partial charge in [-0.15, -0.1) is 11.1 Å². The second-order valence-electron chi connectivity index (χ2n) is 4.28. The van der Waals surface area contributed by atoms with Crippen LogP contribution >= 0.6 is 0 Å². The molecular formula is C9H16N4O3. The number of carbonyl (C=O) groups excluding carboxylic acids is 2. The lowest BCUT2D eigenvalue weighted by Gasteiger charge is -2.18. The number of nitrogens with one attached hydrogen (secondary N) is 2. The molecule has 0 aliphatic carbocycles. The van der Waals surface area contributed by atoms with Crippen molar-refractivity contribution in [3.8, 4) is 0 Å². The van der Waals surface area contributed by atoms with Crippen molar-refractivity contribution in [3.63, 3.8) is 0 Å². The van der Waals surface area contributed by atoms with E-state index in [0.29, 0.717) is 0 Å². The number of carbonyl (C=O) groups is 2. The van der Waals surface area contributed by atoms with Gasteiger partial charge in [0.15, 0.2) is 0 Å². The molecule has 90 valence electrons. The SMILES string of the molecule is CN1NNN(/C=C\C(=O)OC(C)(C)C)C1=O. The summed E-state index contributed by atoms with van der Waals surface area (Å²) in [4.78, 5) is 22.6. The van der Waals surface area contributed by atoms with Crippen LogP contribution in [0.4, 0.5) is 4.79 Å². The number of esters is 1. The predicted octanol–water partition coefficient (Wildman–Crippen LogP) is 0.133. The lowest BCUT2D eigenvalue weighted by Crippen LogP contribution is -2.35. The Balaban J connectivity index is 2.48. The first-order valence-electron chi connectivity index (χ1n) is 4.79. The van der Waals surface area contributed by atoms with E-state index in [-0.39, 0.29) is 6.03 Å². The lowest BCUT2D eigenvalue weighted by atomic mass is 10.2. The van der Waals surface area contributed by atoms with Gasteiger partial charge >= 0.3 is 12.0 Å². The molecule has 1 aliphatic heterocycles. The summed E-state index contributed by atoms with van der Waals surface area (Å²) in [6.07, 6.45) is 2.48. The smallest absolute Gasteiger partial charge is 0.354 e. The first-order chi connectivity index (χ1) is 7.29. The second kappa shape index (κ2) is 4.50. The Morgan fingerprint density at radius 1 is 1.38 bits per heavy atom. The number of rotatable bonds is 2. The molecule has 2 N–H and O–H groups in total. The van der Waals surface area contributed by atoms with Crippen molar-refractivity contribution < 1.29 is 14.3 Å². The summed E-state index contributed by atoms with van der Waals surface area (Å²) in [6.45, 7) is 5.31. The van der Waals surface area contributed by atoms with E-state index in [4.69, 9.17) is 4.74 Å². The van der Waals surface area contributed by atoms with Crippen LogP contribution in [-0.2, 0) is 9.53 Å². The van der Waals surface area contributed by atoms with Crippen molar-refractivity contribution in [1.29, 1.82) is 0 Å². The predicted molar refractivity (Wildman–Crippen MR) is 56.3 cm³/mol. The molecule has 16 heavy (non-hydrogen) atoms. The van der Waals surface area contributed by atoms with Crippen molar-refractivity contribution in [2.24, 2.45) is 0 Å². The molecule has 0 bridgehead atoms. The van der Waals surface area contributed by atoms with Crippen molar-refractivity contribution in [3.05, 3.63) is 12.3 Å². The van der Waals surface area contributed by atoms with Crippen LogP contribution in [0.1, 0.15) is 20.8 Å². The van der Waals surface area contributed by atoms with E-state index in [2.05, 4.69) is 11.1 Å². The molecule has 0 atom stereocenters. The van der Waals surface area contributed by atoms with Gasteiger partial charge in [-0.2, -0.15) is 0 Å². The van der Waals surface area contributed by atoms with Crippen molar-refractivity contribution in [2.75, 3.05) is 7.05 Å². The second-order valence-corrected chi connectivity index (χ2v) is 4.28. The van der Waals surface area contributed by atoms with Gasteiger partial charge in [-0.25, -0.2) is 19.6 Å². The molecule has 1 heterocycles. The van der Waals surface area contributed by atoms with Gasteiger partial charge in [-0.1, -0.05) is 0 Å². The molecule has 1 aliphatic rings. The van der Waals surface area contributed by atoms with Crippen LogP contribution in [-0.4, -0.2) is 34.7 Å². The summed E-state index contributed by atoms with van der Waals surface area (Å²) >= 11 is 0. The molecule has 2 amide bonds. The van der Waals surface area contributed by atoms with E-state index < -0.39 is 11.6 Å². The molecule has 1 saturated heterocycles. The van der Waals surface area contributed by atoms with Crippen molar-refractivity contribution in [1.82, 2.24) is 21.1 Å². The molecule has 0 aromatic heterocycles. The summed E-state index contributed by atoms with van der Waals surface area (Å²) in [6, 6.07) is -0.320. The lowest BCUT2D eigenvalue weighted by molar-refractivity contribution is -0.148. The first-order valence-corrected chi connectivity index (χ1v) is 4.79. The topological polar surface area (TPSA) is 73.9 Å². The normalized spacial score (nSPS) is 17.4. The third-order valence-electron chi connectivity index (χ3n) is 1.60. The minimum atomic E-state index is -0.543. The Morgan fingerprint density at radius 3 is 2.44 bits per heavy atom. The highest BCUT2D eigenvalue weighted by molar-refractivity contribution is 5.83. The third-order valence-corrected chi connectivity index (χ3v) is 1.60. The average Bonchev–Trinajstić information content (AvgIpc) is 2.42. The minimum absolute atomic E-state index is 0.320. The molecule has 7 heteroatoms. The Kier molecular flexibility index (Phi) is 3.51. The molecule has 0 radical (unpaired) electrons. The summed E-state index contributed by atoms with van der Waals surface area (Å²) in [7, 11) is 1.55. The van der Waals surface area contributed by atoms with Crippen molar-refractivity contribution in [2.45, 2.75) is 26.4 Å². The summed E-state index contributed by atoms with van der Waals surface area (Å²) in [5, 5.41) is 2.36. The zero-order chi connectivity index (χ0) is 12.3. The maximum Gasteiger partial charge on any atom is 0.354 e. The summed E-state index contributed by atoms with van der Waals surface area (Å²) in [5.74, 6) is -0.503. The molecule has 0 unspecified atom stereocenters. The highest BCUT2D eigenvalue weighted by Crippen LogP contribution is 2.07. The highest BCUT2D eigenvalue weighted by atomic mass is 16.6. The standard InChI is InChI=1S/C9H16N4O3/c1-9(2,3)16-7(14)5-6-13-8(15)12(4)10-11-13/h5-6,10-11H,1-4H3/b6-5-. The van der Waals surface area contributed by atoms with E-state index in [1.807, 2.05) is 0 Å². The van der Waals surface area contributed by atoms with Gasteiger partial charge < -0.3 is 4.74 Å². The van der Waals surface area contributed by atoms with Crippen molar-refractivity contribution >= 4 is 12.0 Å². The number of hydrazine groups is 3. The summed E-state index contributed by atoms with van der Waals surface area (Å²) in [5.41, 5.74) is 4.54. The zero-order valence-corrected chi connectivity index (χ0v) is 9.77. The summed E-state index contributed by atoms with van der Waals surface area (Å²) < 4.78 is 5.03. The van der Waals surface area contributed by atoms with Gasteiger partial charge in [-0.05, 0) is 20.8 Å². The maximum absolute atomic E-state index is 11.3. The van der Waals surface area contributed by atoms with Crippen LogP contribution in [0.25, 0.3) is 0 Å². The third kappa shape index (κ3) is 3.52. The largest absolute Gasteiger partial charge is 0.457 e. The van der Waals surface area contributed by atoms with Crippen LogP contribution in [0.5, 0.6) is 0 Å². The number of amides is 2. The molecule has 0 aromatic carbocycles. The van der Waals surface area contributed by atoms with Crippen LogP contribution in [0.3, 0.4) is 0 Å². The van der Waals surface area contributed by atoms with Gasteiger partial charge in [0, 0.05) is 19.3 Å². The molecule has 1 fully saturated rings. The van der Waals surface area contributed by atoms with Gasteiger partial charge in [0.05, 0.1) is 0 Å². The molecule has 0 saturated carbocycles. The quantitative estimate of drug-likeness (QED) is 0.519. The Bertz CT molecular complexity index is 321. The van der Waals surface area contributed by atoms with Gasteiger partial charge in [-0.3, -0.25) is 0 Å². The van der Waals surface area contributed by atoms with Crippen LogP contribution in [0, 0.1) is 0 Å². The number of hydrogen-bond acceptors (Lipinski definition) is 5. The number of urea groups is 1. The molecular weight excluding hydrogens is 212 g/mol. The van der Waals surface area contributed by atoms with E-state index in [9.17, 15) is 9.59 Å². The fraction of sp³-hybridized carbons (Fsp3) is 0.556. The van der Waals surface area contributed by atoms with Crippen LogP contribution < -0.4 is 11.1 Å². The average molecular weight is 228 g/mol. The van der Waals surface area contributed by atoms with Crippen LogP contribution in [0.2, 0.25) is 0 Å². The Labute approximate surface area is 93.9 Å². The van der Waals surface area contributed by atoms with E-state index in [1.165, 1.54) is 17.3 Å². The van der Waals surface area contributed by atoms with Crippen LogP contribution in [0.15, 0.2) is 12.3 Å². The Hall–Kier alpha value is -1.60. The number of nitrogens with zero attached hydrogens (tertiary/aromatic N) is 2. The van der Waals surface area contributed by atoms with Gasteiger partial charge in [0.25, 0.3) is 0 Å². The van der Waals surface area contributed by atoms with E-state index >= 15 is 0 Å². The fourth-order valence-corrected chi connectivity index (χ4v) is 0.958. The maximum atomic E-state index is 11.3. The number of hydrogen-bond donors (Lipinski definition) is 2. The fourth-order valence-electron chi connectivity index (χ4n) is 0.958. The monoisotopic (exact) mass is 228 g/mol. The van der Waals surface area contributed by atoms with E-state index in [1.54, 1.807) is 27.8 Å². The van der Waals surface area contributed by atoms with E-state index in [0.717, 1.165) is 5.01 Å². The zero-order valence-electron chi connectivity index (χ0n) is 9.77. The number of ether oxygens (including phenoxy) is 1. The molecule has 7 nitrogen and oxygen atoms in total. The molecule has 1 rings (SSSR count). The van der Waals surface area contributed by atoms with Gasteiger partial charge in [0.1, 0.15) is 5.60 Å². The Morgan fingerprint density at radius 2 is 2.00 bits per heavy atom. The highest BCUT2D eigenvalue weighted by Gasteiger charge is 2.23. The minimum Gasteiger partial charge on any atom is -0.457 e. The molecule has 0 aromatic rings. The van der Waals surface area contributed by atoms with Gasteiger partial charge in [0.2, 0.25) is 0 Å². The first kappa shape index (κ1) is 12.5.